The summed E-state index contributed by atoms with van der Waals surface area (Å²) < 4.78 is 6.26. The Balaban J connectivity index is 2.20. The Morgan fingerprint density at radius 3 is 2.89 bits per heavy atom. The van der Waals surface area contributed by atoms with Crippen LogP contribution in [0.15, 0.2) is 16.6 Å². The average molecular weight is 327 g/mol. The number of rotatable bonds is 2. The molecule has 1 aromatic carbocycles. The molecule has 1 amide bonds. The predicted molar refractivity (Wildman–Crippen MR) is 79.2 cm³/mol. The molecule has 1 heterocycles. The van der Waals surface area contributed by atoms with Crippen LogP contribution in [-0.4, -0.2) is 24.7 Å². The van der Waals surface area contributed by atoms with E-state index in [-0.39, 0.29) is 11.4 Å². The minimum atomic E-state index is -0.293. The number of nitrogen functional groups attached to an aromatic ring is 1. The fourth-order valence-corrected chi connectivity index (χ4v) is 2.79. The molecule has 0 bridgehead atoms. The van der Waals surface area contributed by atoms with Gasteiger partial charge in [0.05, 0.1) is 12.1 Å². The average Bonchev–Trinajstić information content (AvgIpc) is 2.34. The number of benzene rings is 1. The van der Waals surface area contributed by atoms with E-state index in [1.807, 2.05) is 13.8 Å². The van der Waals surface area contributed by atoms with Crippen LogP contribution in [0.2, 0.25) is 0 Å². The second-order valence-corrected chi connectivity index (χ2v) is 6.25. The molecular formula is C14H19BrN2O2. The van der Waals surface area contributed by atoms with E-state index in [2.05, 4.69) is 21.2 Å². The van der Waals surface area contributed by atoms with Crippen molar-refractivity contribution in [2.75, 3.05) is 18.9 Å². The highest BCUT2D eigenvalue weighted by molar-refractivity contribution is 9.10. The number of carbonyl (C=O) groups excluding carboxylic acids is 1. The van der Waals surface area contributed by atoms with Gasteiger partial charge in [-0.2, -0.15) is 0 Å². The third-order valence-electron chi connectivity index (χ3n) is 3.51. The first-order valence-electron chi connectivity index (χ1n) is 6.37. The lowest BCUT2D eigenvalue weighted by Gasteiger charge is -2.34. The maximum absolute atomic E-state index is 12.4. The van der Waals surface area contributed by atoms with Crippen molar-refractivity contribution in [2.45, 2.75) is 32.2 Å². The van der Waals surface area contributed by atoms with Crippen LogP contribution in [0.3, 0.4) is 0 Å². The molecule has 0 saturated carbocycles. The molecule has 0 aliphatic carbocycles. The Bertz CT molecular complexity index is 496. The lowest BCUT2D eigenvalue weighted by Crippen LogP contribution is -2.51. The number of amides is 1. The zero-order valence-electron chi connectivity index (χ0n) is 11.3. The van der Waals surface area contributed by atoms with Crippen LogP contribution in [0.1, 0.15) is 35.7 Å². The number of nitrogens with two attached hydrogens (primary N) is 1. The molecule has 4 nitrogen and oxygen atoms in total. The first-order valence-corrected chi connectivity index (χ1v) is 7.16. The molecule has 19 heavy (non-hydrogen) atoms. The zero-order chi connectivity index (χ0) is 14.0. The number of hydrogen-bond donors (Lipinski definition) is 2. The highest BCUT2D eigenvalue weighted by Gasteiger charge is 2.30. The number of halogens is 1. The Kier molecular flexibility index (Phi) is 4.16. The molecule has 3 N–H and O–H groups in total. The summed E-state index contributed by atoms with van der Waals surface area (Å²) in [5.41, 5.74) is 7.63. The summed E-state index contributed by atoms with van der Waals surface area (Å²) >= 11 is 3.37. The Hall–Kier alpha value is -1.07. The summed E-state index contributed by atoms with van der Waals surface area (Å²) in [5.74, 6) is -0.0986. The maximum atomic E-state index is 12.4. The summed E-state index contributed by atoms with van der Waals surface area (Å²) in [6.45, 7) is 5.20. The van der Waals surface area contributed by atoms with Crippen LogP contribution in [0.25, 0.3) is 0 Å². The van der Waals surface area contributed by atoms with Crippen LogP contribution in [0.5, 0.6) is 0 Å². The number of carbonyl (C=O) groups is 1. The van der Waals surface area contributed by atoms with Crippen molar-refractivity contribution in [2.24, 2.45) is 0 Å². The van der Waals surface area contributed by atoms with Gasteiger partial charge in [0.1, 0.15) is 0 Å². The van der Waals surface area contributed by atoms with Crippen LogP contribution in [-0.2, 0) is 4.74 Å². The molecule has 1 saturated heterocycles. The van der Waals surface area contributed by atoms with E-state index in [1.54, 1.807) is 12.1 Å². The number of anilines is 1. The summed E-state index contributed by atoms with van der Waals surface area (Å²) in [4.78, 5) is 12.4. The smallest absolute Gasteiger partial charge is 0.252 e. The second-order valence-electron chi connectivity index (χ2n) is 5.34. The number of hydrogen-bond acceptors (Lipinski definition) is 3. The van der Waals surface area contributed by atoms with Gasteiger partial charge in [-0.15, -0.1) is 0 Å². The molecule has 5 heteroatoms. The predicted octanol–water partition coefficient (Wildman–Crippen LogP) is 2.64. The molecule has 2 rings (SSSR count). The maximum Gasteiger partial charge on any atom is 0.252 e. The van der Waals surface area contributed by atoms with E-state index in [0.29, 0.717) is 17.9 Å². The van der Waals surface area contributed by atoms with Crippen molar-refractivity contribution in [3.8, 4) is 0 Å². The number of nitrogens with one attached hydrogen (secondary N) is 1. The molecule has 104 valence electrons. The van der Waals surface area contributed by atoms with Crippen molar-refractivity contribution in [1.29, 1.82) is 0 Å². The van der Waals surface area contributed by atoms with Crippen molar-refractivity contribution >= 4 is 27.5 Å². The fourth-order valence-electron chi connectivity index (χ4n) is 2.31. The molecule has 1 atom stereocenters. The van der Waals surface area contributed by atoms with E-state index in [4.69, 9.17) is 10.5 Å². The van der Waals surface area contributed by atoms with Crippen molar-refractivity contribution in [3.63, 3.8) is 0 Å². The molecule has 1 unspecified atom stereocenters. The van der Waals surface area contributed by atoms with E-state index >= 15 is 0 Å². The SMILES string of the molecule is Cc1c(N)cc(Br)cc1C(=O)NC1(C)CCCOC1. The molecule has 1 fully saturated rings. The summed E-state index contributed by atoms with van der Waals surface area (Å²) in [5, 5.41) is 3.07. The molecular weight excluding hydrogens is 308 g/mol. The van der Waals surface area contributed by atoms with Gasteiger partial charge in [-0.1, -0.05) is 15.9 Å². The summed E-state index contributed by atoms with van der Waals surface area (Å²) in [7, 11) is 0. The standard InChI is InChI=1S/C14H19BrN2O2/c1-9-11(6-10(15)7-12(9)16)13(18)17-14(2)4-3-5-19-8-14/h6-7H,3-5,8,16H2,1-2H3,(H,17,18). The highest BCUT2D eigenvalue weighted by atomic mass is 79.9. The second kappa shape index (κ2) is 5.51. The van der Waals surface area contributed by atoms with E-state index in [0.717, 1.165) is 29.5 Å². The molecule has 0 aromatic heterocycles. The van der Waals surface area contributed by atoms with E-state index in [1.165, 1.54) is 0 Å². The van der Waals surface area contributed by atoms with Gasteiger partial charge < -0.3 is 15.8 Å². The first-order chi connectivity index (χ1) is 8.91. The van der Waals surface area contributed by atoms with Gasteiger partial charge in [0.15, 0.2) is 0 Å². The monoisotopic (exact) mass is 326 g/mol. The molecule has 1 aromatic rings. The first kappa shape index (κ1) is 14.3. The van der Waals surface area contributed by atoms with Gasteiger partial charge in [-0.25, -0.2) is 0 Å². The summed E-state index contributed by atoms with van der Waals surface area (Å²) in [6.07, 6.45) is 1.90. The van der Waals surface area contributed by atoms with Crippen LogP contribution in [0.4, 0.5) is 5.69 Å². The minimum Gasteiger partial charge on any atom is -0.398 e. The van der Waals surface area contributed by atoms with Gasteiger partial charge in [-0.3, -0.25) is 4.79 Å². The lowest BCUT2D eigenvalue weighted by molar-refractivity contribution is 0.0272. The van der Waals surface area contributed by atoms with Crippen LogP contribution >= 0.6 is 15.9 Å². The van der Waals surface area contributed by atoms with Crippen LogP contribution < -0.4 is 11.1 Å². The zero-order valence-corrected chi connectivity index (χ0v) is 12.8. The fraction of sp³-hybridized carbons (Fsp3) is 0.500. The molecule has 1 aliphatic heterocycles. The van der Waals surface area contributed by atoms with Crippen molar-refractivity contribution in [1.82, 2.24) is 5.32 Å². The normalized spacial score (nSPS) is 23.1. The number of ether oxygens (including phenoxy) is 1. The Morgan fingerprint density at radius 2 is 2.26 bits per heavy atom. The Labute approximate surface area is 121 Å². The molecule has 1 aliphatic rings. The highest BCUT2D eigenvalue weighted by Crippen LogP contribution is 2.24. The van der Waals surface area contributed by atoms with Crippen molar-refractivity contribution in [3.05, 3.63) is 27.7 Å². The minimum absolute atomic E-state index is 0.0986. The topological polar surface area (TPSA) is 64.4 Å². The van der Waals surface area contributed by atoms with Crippen LogP contribution in [0, 0.1) is 6.92 Å². The third-order valence-corrected chi connectivity index (χ3v) is 3.97. The third kappa shape index (κ3) is 3.28. The van der Waals surface area contributed by atoms with E-state index < -0.39 is 0 Å². The van der Waals surface area contributed by atoms with Gasteiger partial charge in [0.2, 0.25) is 0 Å². The van der Waals surface area contributed by atoms with Gasteiger partial charge in [0, 0.05) is 22.3 Å². The summed E-state index contributed by atoms with van der Waals surface area (Å²) in [6, 6.07) is 3.60. The van der Waals surface area contributed by atoms with Gasteiger partial charge >= 0.3 is 0 Å². The van der Waals surface area contributed by atoms with Gasteiger partial charge in [-0.05, 0) is 44.4 Å². The molecule has 0 radical (unpaired) electrons. The Morgan fingerprint density at radius 1 is 1.53 bits per heavy atom. The van der Waals surface area contributed by atoms with Gasteiger partial charge in [0.25, 0.3) is 5.91 Å². The largest absolute Gasteiger partial charge is 0.398 e. The van der Waals surface area contributed by atoms with E-state index in [9.17, 15) is 4.79 Å². The van der Waals surface area contributed by atoms with Crippen molar-refractivity contribution < 1.29 is 9.53 Å². The quantitative estimate of drug-likeness (QED) is 0.821. The molecule has 0 spiro atoms. The lowest BCUT2D eigenvalue weighted by atomic mass is 9.94.